The third-order valence-corrected chi connectivity index (χ3v) is 4.68. The highest BCUT2D eigenvalue weighted by atomic mass is 19.4. The Morgan fingerprint density at radius 3 is 2.60 bits per heavy atom. The molecule has 1 atom stereocenters. The lowest BCUT2D eigenvalue weighted by Gasteiger charge is -2.20. The quantitative estimate of drug-likeness (QED) is 0.884. The van der Waals surface area contributed by atoms with Crippen molar-refractivity contribution in [2.24, 2.45) is 5.41 Å². The van der Waals surface area contributed by atoms with E-state index in [1.54, 1.807) is 13.1 Å². The number of hydrogen-bond donors (Lipinski definition) is 2. The highest BCUT2D eigenvalue weighted by molar-refractivity contribution is 5.74. The van der Waals surface area contributed by atoms with Crippen molar-refractivity contribution in [3.63, 3.8) is 0 Å². The molecule has 8 heteroatoms. The zero-order chi connectivity index (χ0) is 18.2. The molecule has 25 heavy (non-hydrogen) atoms. The van der Waals surface area contributed by atoms with Crippen molar-refractivity contribution < 1.29 is 23.1 Å². The molecule has 0 saturated carbocycles. The number of aromatic amines is 1. The second-order valence-corrected chi connectivity index (χ2v) is 6.67. The topological polar surface area (TPSA) is 69.2 Å². The number of carboxylic acid groups (broad SMARTS) is 1. The molecule has 1 aliphatic heterocycles. The fourth-order valence-corrected chi connectivity index (χ4v) is 3.11. The van der Waals surface area contributed by atoms with Gasteiger partial charge in [-0.3, -0.25) is 14.8 Å². The molecule has 134 valence electrons. The monoisotopic (exact) mass is 353 g/mol. The average Bonchev–Trinajstić information content (AvgIpc) is 3.15. The van der Waals surface area contributed by atoms with Gasteiger partial charge in [0, 0.05) is 18.7 Å². The van der Waals surface area contributed by atoms with E-state index < -0.39 is 23.1 Å². The van der Waals surface area contributed by atoms with Crippen molar-refractivity contribution in [3.05, 3.63) is 41.6 Å². The van der Waals surface area contributed by atoms with Gasteiger partial charge in [-0.05, 0) is 37.6 Å². The van der Waals surface area contributed by atoms with E-state index in [4.69, 9.17) is 0 Å². The zero-order valence-electron chi connectivity index (χ0n) is 13.6. The standard InChI is InChI=1S/C17H18F3N3O2/c1-16(15(24)25)6-7-23(10-16)9-12-8-21-22-14(12)11-2-4-13(5-3-11)17(18,19)20/h2-5,8H,6-7,9-10H2,1H3,(H,21,22)(H,24,25). The van der Waals surface area contributed by atoms with Gasteiger partial charge < -0.3 is 5.11 Å². The normalized spacial score (nSPS) is 21.6. The molecule has 3 rings (SSSR count). The minimum absolute atomic E-state index is 0.431. The number of nitrogens with one attached hydrogen (secondary N) is 1. The Morgan fingerprint density at radius 2 is 2.04 bits per heavy atom. The minimum Gasteiger partial charge on any atom is -0.481 e. The summed E-state index contributed by atoms with van der Waals surface area (Å²) in [6.07, 6.45) is -2.18. The van der Waals surface area contributed by atoms with E-state index in [9.17, 15) is 23.1 Å². The largest absolute Gasteiger partial charge is 0.481 e. The Balaban J connectivity index is 1.77. The molecule has 2 N–H and O–H groups in total. The Kier molecular flexibility index (Phi) is 4.32. The molecule has 0 aliphatic carbocycles. The van der Waals surface area contributed by atoms with Crippen molar-refractivity contribution in [1.82, 2.24) is 15.1 Å². The number of alkyl halides is 3. The molecule has 2 heterocycles. The van der Waals surface area contributed by atoms with Gasteiger partial charge in [0.25, 0.3) is 0 Å². The molecule has 0 radical (unpaired) electrons. The van der Waals surface area contributed by atoms with E-state index in [1.165, 1.54) is 12.1 Å². The summed E-state index contributed by atoms with van der Waals surface area (Å²) >= 11 is 0. The lowest BCUT2D eigenvalue weighted by Crippen LogP contribution is -2.31. The number of aromatic nitrogens is 2. The number of carboxylic acids is 1. The van der Waals surface area contributed by atoms with Crippen LogP contribution in [-0.2, 0) is 17.5 Å². The smallest absolute Gasteiger partial charge is 0.416 e. The number of H-pyrrole nitrogens is 1. The summed E-state index contributed by atoms with van der Waals surface area (Å²) in [4.78, 5) is 13.4. The van der Waals surface area contributed by atoms with Crippen LogP contribution in [0.5, 0.6) is 0 Å². The van der Waals surface area contributed by atoms with Crippen LogP contribution >= 0.6 is 0 Å². The van der Waals surface area contributed by atoms with Crippen LogP contribution in [0.3, 0.4) is 0 Å². The first-order valence-corrected chi connectivity index (χ1v) is 7.85. The van der Waals surface area contributed by atoms with Gasteiger partial charge in [-0.2, -0.15) is 18.3 Å². The number of likely N-dealkylation sites (tertiary alicyclic amines) is 1. The molecular formula is C17H18F3N3O2. The second kappa shape index (κ2) is 6.18. The van der Waals surface area contributed by atoms with Gasteiger partial charge in [-0.1, -0.05) is 12.1 Å². The molecule has 1 aromatic carbocycles. The molecule has 2 aromatic rings. The molecule has 1 aromatic heterocycles. The molecule has 0 amide bonds. The van der Waals surface area contributed by atoms with Crippen LogP contribution in [-0.4, -0.2) is 39.3 Å². The predicted molar refractivity (Wildman–Crippen MR) is 84.7 cm³/mol. The summed E-state index contributed by atoms with van der Waals surface area (Å²) in [7, 11) is 0. The van der Waals surface area contributed by atoms with Gasteiger partial charge in [0.05, 0.1) is 22.9 Å². The van der Waals surface area contributed by atoms with Crippen molar-refractivity contribution in [2.45, 2.75) is 26.1 Å². The summed E-state index contributed by atoms with van der Waals surface area (Å²) in [5.74, 6) is -0.815. The van der Waals surface area contributed by atoms with Crippen molar-refractivity contribution in [3.8, 4) is 11.3 Å². The first kappa shape index (κ1) is 17.5. The number of nitrogens with zero attached hydrogens (tertiary/aromatic N) is 2. The van der Waals surface area contributed by atoms with E-state index in [-0.39, 0.29) is 0 Å². The van der Waals surface area contributed by atoms with Crippen LogP contribution < -0.4 is 0 Å². The average molecular weight is 353 g/mol. The second-order valence-electron chi connectivity index (χ2n) is 6.67. The first-order chi connectivity index (χ1) is 11.7. The zero-order valence-corrected chi connectivity index (χ0v) is 13.6. The Bertz CT molecular complexity index is 770. The predicted octanol–water partition coefficient (Wildman–Crippen LogP) is 3.39. The maximum Gasteiger partial charge on any atom is 0.416 e. The fourth-order valence-electron chi connectivity index (χ4n) is 3.11. The van der Waals surface area contributed by atoms with Crippen LogP contribution in [0.25, 0.3) is 11.3 Å². The number of carbonyl (C=O) groups is 1. The Hall–Kier alpha value is -2.35. The van der Waals surface area contributed by atoms with E-state index >= 15 is 0 Å². The van der Waals surface area contributed by atoms with Gasteiger partial charge in [0.2, 0.25) is 0 Å². The number of aliphatic carboxylic acids is 1. The number of benzene rings is 1. The van der Waals surface area contributed by atoms with Gasteiger partial charge in [0.1, 0.15) is 0 Å². The highest BCUT2D eigenvalue weighted by Crippen LogP contribution is 2.33. The maximum atomic E-state index is 12.7. The first-order valence-electron chi connectivity index (χ1n) is 7.85. The van der Waals surface area contributed by atoms with Crippen LogP contribution in [0.15, 0.2) is 30.5 Å². The third kappa shape index (κ3) is 3.53. The number of halogens is 3. The maximum absolute atomic E-state index is 12.7. The van der Waals surface area contributed by atoms with E-state index in [1.807, 2.05) is 4.90 Å². The Morgan fingerprint density at radius 1 is 1.36 bits per heavy atom. The van der Waals surface area contributed by atoms with E-state index in [2.05, 4.69) is 10.2 Å². The van der Waals surface area contributed by atoms with Crippen molar-refractivity contribution >= 4 is 5.97 Å². The van der Waals surface area contributed by atoms with Gasteiger partial charge in [-0.25, -0.2) is 0 Å². The van der Waals surface area contributed by atoms with Crippen molar-refractivity contribution in [2.75, 3.05) is 13.1 Å². The molecular weight excluding hydrogens is 335 g/mol. The third-order valence-electron chi connectivity index (χ3n) is 4.68. The lowest BCUT2D eigenvalue weighted by molar-refractivity contribution is -0.147. The van der Waals surface area contributed by atoms with Crippen molar-refractivity contribution in [1.29, 1.82) is 0 Å². The van der Waals surface area contributed by atoms with Gasteiger partial charge >= 0.3 is 12.1 Å². The highest BCUT2D eigenvalue weighted by Gasteiger charge is 2.40. The lowest BCUT2D eigenvalue weighted by atomic mass is 9.90. The Labute approximate surface area is 142 Å². The summed E-state index contributed by atoms with van der Waals surface area (Å²) in [6.45, 7) is 3.30. The number of rotatable bonds is 4. The molecule has 1 aliphatic rings. The fraction of sp³-hybridized carbons (Fsp3) is 0.412. The van der Waals surface area contributed by atoms with Crippen LogP contribution in [0.2, 0.25) is 0 Å². The van der Waals surface area contributed by atoms with Crippen LogP contribution in [0, 0.1) is 5.41 Å². The molecule has 1 unspecified atom stereocenters. The SMILES string of the molecule is CC1(C(=O)O)CCN(Cc2cn[nH]c2-c2ccc(C(F)(F)F)cc2)C1. The van der Waals surface area contributed by atoms with Gasteiger partial charge in [-0.15, -0.1) is 0 Å². The summed E-state index contributed by atoms with van der Waals surface area (Å²) in [6, 6.07) is 4.89. The number of hydrogen-bond acceptors (Lipinski definition) is 3. The van der Waals surface area contributed by atoms with Crippen LogP contribution in [0.1, 0.15) is 24.5 Å². The van der Waals surface area contributed by atoms with Crippen LogP contribution in [0.4, 0.5) is 13.2 Å². The summed E-state index contributed by atoms with van der Waals surface area (Å²) in [5.41, 5.74) is 0.625. The van der Waals surface area contributed by atoms with E-state index in [0.29, 0.717) is 37.3 Å². The molecule has 1 saturated heterocycles. The molecule has 5 nitrogen and oxygen atoms in total. The minimum atomic E-state index is -4.37. The van der Waals surface area contributed by atoms with E-state index in [0.717, 1.165) is 17.7 Å². The summed E-state index contributed by atoms with van der Waals surface area (Å²) < 4.78 is 38.0. The summed E-state index contributed by atoms with van der Waals surface area (Å²) in [5, 5.41) is 16.1. The molecule has 0 bridgehead atoms. The van der Waals surface area contributed by atoms with Gasteiger partial charge in [0.15, 0.2) is 0 Å². The molecule has 1 fully saturated rings. The molecule has 0 spiro atoms.